The molecule has 2 aromatic carbocycles. The van der Waals surface area contributed by atoms with Crippen molar-refractivity contribution in [1.82, 2.24) is 4.98 Å². The molecule has 3 rings (SSSR count). The van der Waals surface area contributed by atoms with Crippen LogP contribution in [0.5, 0.6) is 5.75 Å². The van der Waals surface area contributed by atoms with Gasteiger partial charge in [0.25, 0.3) is 8.32 Å². The summed E-state index contributed by atoms with van der Waals surface area (Å²) in [6, 6.07) is 18.6. The Kier molecular flexibility index (Phi) is 9.80. The molecule has 1 aromatic heterocycles. The molecule has 6 heteroatoms. The Hall–Kier alpha value is -2.57. The maximum atomic E-state index is 12.2. The van der Waals surface area contributed by atoms with Gasteiger partial charge in [-0.3, -0.25) is 4.79 Å². The molecule has 0 aliphatic carbocycles. The molecule has 0 aliphatic rings. The number of esters is 1. The van der Waals surface area contributed by atoms with Gasteiger partial charge in [-0.25, -0.2) is 0 Å². The SMILES string of the molecule is COC(=O)CC(CCOCc1ccccc1)c1cc2cc(O[Si](C(C)C)(C(C)C)C(C)C)ccc2[nH]1. The minimum Gasteiger partial charge on any atom is -0.543 e. The van der Waals surface area contributed by atoms with E-state index in [0.29, 0.717) is 36.3 Å². The lowest BCUT2D eigenvalue weighted by Crippen LogP contribution is -2.50. The molecule has 1 heterocycles. The molecule has 1 unspecified atom stereocenters. The van der Waals surface area contributed by atoms with Crippen molar-refractivity contribution in [3.63, 3.8) is 0 Å². The fraction of sp³-hybridized carbons (Fsp3) is 0.500. The lowest BCUT2D eigenvalue weighted by molar-refractivity contribution is -0.141. The van der Waals surface area contributed by atoms with E-state index >= 15 is 0 Å². The van der Waals surface area contributed by atoms with Gasteiger partial charge in [0.05, 0.1) is 20.1 Å². The average Bonchev–Trinajstić information content (AvgIpc) is 3.27. The number of benzene rings is 2. The van der Waals surface area contributed by atoms with Crippen LogP contribution in [0.4, 0.5) is 0 Å². The maximum Gasteiger partial charge on any atom is 0.306 e. The number of ether oxygens (including phenoxy) is 2. The first-order chi connectivity index (χ1) is 17.2. The van der Waals surface area contributed by atoms with Crippen LogP contribution in [0.1, 0.15) is 71.6 Å². The van der Waals surface area contributed by atoms with Crippen LogP contribution in [0.15, 0.2) is 54.6 Å². The predicted molar refractivity (Wildman–Crippen MR) is 150 cm³/mol. The molecule has 36 heavy (non-hydrogen) atoms. The number of aromatic amines is 1. The third-order valence-corrected chi connectivity index (χ3v) is 13.4. The molecule has 5 nitrogen and oxygen atoms in total. The second kappa shape index (κ2) is 12.6. The Bertz CT molecular complexity index is 1080. The van der Waals surface area contributed by atoms with Crippen molar-refractivity contribution in [2.75, 3.05) is 13.7 Å². The summed E-state index contributed by atoms with van der Waals surface area (Å²) in [6.07, 6.45) is 1.04. The van der Waals surface area contributed by atoms with E-state index in [-0.39, 0.29) is 11.9 Å². The Labute approximate surface area is 217 Å². The van der Waals surface area contributed by atoms with Gasteiger partial charge >= 0.3 is 5.97 Å². The lowest BCUT2D eigenvalue weighted by atomic mass is 9.98. The first-order valence-electron chi connectivity index (χ1n) is 13.2. The largest absolute Gasteiger partial charge is 0.543 e. The van der Waals surface area contributed by atoms with E-state index in [4.69, 9.17) is 13.9 Å². The van der Waals surface area contributed by atoms with Crippen molar-refractivity contribution >= 4 is 25.2 Å². The first kappa shape index (κ1) is 28.0. The summed E-state index contributed by atoms with van der Waals surface area (Å²) >= 11 is 0. The van der Waals surface area contributed by atoms with Crippen LogP contribution in [0.2, 0.25) is 16.6 Å². The minimum absolute atomic E-state index is 0.0135. The molecular formula is C30H43NO4Si. The van der Waals surface area contributed by atoms with Crippen molar-refractivity contribution in [3.8, 4) is 5.75 Å². The highest BCUT2D eigenvalue weighted by molar-refractivity contribution is 6.78. The monoisotopic (exact) mass is 509 g/mol. The summed E-state index contributed by atoms with van der Waals surface area (Å²) in [5.41, 5.74) is 4.74. The fourth-order valence-corrected chi connectivity index (χ4v) is 10.9. The van der Waals surface area contributed by atoms with Crippen LogP contribution in [0.3, 0.4) is 0 Å². The van der Waals surface area contributed by atoms with Gasteiger partial charge < -0.3 is 18.9 Å². The van der Waals surface area contributed by atoms with Gasteiger partial charge in [0.1, 0.15) is 5.75 Å². The summed E-state index contributed by atoms with van der Waals surface area (Å²) in [5.74, 6) is 0.708. The van der Waals surface area contributed by atoms with E-state index in [0.717, 1.165) is 34.3 Å². The van der Waals surface area contributed by atoms with Crippen LogP contribution >= 0.6 is 0 Å². The Morgan fingerprint density at radius 1 is 0.917 bits per heavy atom. The standard InChI is InChI=1S/C30H43NO4Si/c1-21(2)36(22(3)4,23(5)6)35-27-13-14-28-26(17-27)18-29(31-28)25(19-30(32)33-7)15-16-34-20-24-11-9-8-10-12-24/h8-14,17-18,21-23,25,31H,15-16,19-20H2,1-7H3. The molecule has 0 aliphatic heterocycles. The third-order valence-electron chi connectivity index (χ3n) is 7.42. The quantitative estimate of drug-likeness (QED) is 0.144. The molecule has 0 saturated heterocycles. The van der Waals surface area contributed by atoms with Crippen molar-refractivity contribution < 1.29 is 18.7 Å². The Morgan fingerprint density at radius 2 is 1.58 bits per heavy atom. The summed E-state index contributed by atoms with van der Waals surface area (Å²) in [5, 5.41) is 1.10. The highest BCUT2D eigenvalue weighted by atomic mass is 28.4. The van der Waals surface area contributed by atoms with Crippen LogP contribution in [-0.2, 0) is 20.9 Å². The van der Waals surface area contributed by atoms with Crippen molar-refractivity contribution in [3.05, 3.63) is 65.9 Å². The number of rotatable bonds is 13. The predicted octanol–water partition coefficient (Wildman–Crippen LogP) is 7.98. The molecule has 0 bridgehead atoms. The lowest BCUT2D eigenvalue weighted by Gasteiger charge is -2.42. The van der Waals surface area contributed by atoms with E-state index in [9.17, 15) is 4.79 Å². The second-order valence-corrected chi connectivity index (χ2v) is 16.1. The highest BCUT2D eigenvalue weighted by Gasteiger charge is 2.47. The molecule has 1 N–H and O–H groups in total. The third kappa shape index (κ3) is 6.59. The van der Waals surface area contributed by atoms with Gasteiger partial charge in [-0.1, -0.05) is 71.9 Å². The number of carbonyl (C=O) groups is 1. The van der Waals surface area contributed by atoms with E-state index in [1.807, 2.05) is 18.2 Å². The van der Waals surface area contributed by atoms with Crippen LogP contribution in [0.25, 0.3) is 10.9 Å². The van der Waals surface area contributed by atoms with Gasteiger partial charge in [0.15, 0.2) is 0 Å². The summed E-state index contributed by atoms with van der Waals surface area (Å²) in [7, 11) is -0.596. The van der Waals surface area contributed by atoms with Crippen molar-refractivity contribution in [2.24, 2.45) is 0 Å². The van der Waals surface area contributed by atoms with Gasteiger partial charge in [0.2, 0.25) is 0 Å². The topological polar surface area (TPSA) is 60.6 Å². The number of hydrogen-bond acceptors (Lipinski definition) is 4. The number of methoxy groups -OCH3 is 1. The number of aromatic nitrogens is 1. The number of fused-ring (bicyclic) bond motifs is 1. The van der Waals surface area contributed by atoms with Crippen molar-refractivity contribution in [1.29, 1.82) is 0 Å². The van der Waals surface area contributed by atoms with Gasteiger partial charge in [-0.05, 0) is 52.9 Å². The molecule has 0 radical (unpaired) electrons. The Balaban J connectivity index is 1.79. The summed E-state index contributed by atoms with van der Waals surface area (Å²) < 4.78 is 17.8. The zero-order chi connectivity index (χ0) is 26.3. The average molecular weight is 510 g/mol. The zero-order valence-electron chi connectivity index (χ0n) is 23.0. The fourth-order valence-electron chi connectivity index (χ4n) is 5.62. The van der Waals surface area contributed by atoms with E-state index in [1.165, 1.54) is 7.11 Å². The number of carbonyl (C=O) groups excluding carboxylic acids is 1. The first-order valence-corrected chi connectivity index (χ1v) is 15.3. The molecule has 0 spiro atoms. The normalized spacial score (nSPS) is 13.1. The van der Waals surface area contributed by atoms with Gasteiger partial charge in [-0.2, -0.15) is 0 Å². The van der Waals surface area contributed by atoms with Gasteiger partial charge in [-0.15, -0.1) is 0 Å². The Morgan fingerprint density at radius 3 is 2.19 bits per heavy atom. The van der Waals surface area contributed by atoms with Crippen molar-refractivity contribution in [2.45, 2.75) is 83.5 Å². The summed E-state index contributed by atoms with van der Waals surface area (Å²) in [6.45, 7) is 14.9. The van der Waals surface area contributed by atoms with Gasteiger partial charge in [0, 0.05) is 29.1 Å². The second-order valence-electron chi connectivity index (χ2n) is 10.7. The highest BCUT2D eigenvalue weighted by Crippen LogP contribution is 2.43. The molecule has 3 aromatic rings. The molecule has 196 valence electrons. The molecule has 1 atom stereocenters. The van der Waals surface area contributed by atoms with Crippen LogP contribution in [0, 0.1) is 0 Å². The molecule has 0 saturated carbocycles. The molecule has 0 amide bonds. The van der Waals surface area contributed by atoms with E-state index in [2.05, 4.69) is 82.9 Å². The summed E-state index contributed by atoms with van der Waals surface area (Å²) in [4.78, 5) is 15.7. The smallest absolute Gasteiger partial charge is 0.306 e. The van der Waals surface area contributed by atoms with Crippen LogP contribution < -0.4 is 4.43 Å². The number of nitrogens with one attached hydrogen (secondary N) is 1. The zero-order valence-corrected chi connectivity index (χ0v) is 24.0. The number of H-pyrrole nitrogens is 1. The molecular weight excluding hydrogens is 466 g/mol. The van der Waals surface area contributed by atoms with E-state index in [1.54, 1.807) is 0 Å². The minimum atomic E-state index is -2.04. The molecule has 0 fully saturated rings. The maximum absolute atomic E-state index is 12.2. The number of hydrogen-bond donors (Lipinski definition) is 1. The van der Waals surface area contributed by atoms with E-state index < -0.39 is 8.32 Å². The van der Waals surface area contributed by atoms with Crippen LogP contribution in [-0.4, -0.2) is 33.0 Å².